The third kappa shape index (κ3) is 3.20. The maximum absolute atomic E-state index is 10.5. The maximum Gasteiger partial charge on any atom is 0.125 e. The second-order valence-electron chi connectivity index (χ2n) is 4.92. The molecule has 3 heteroatoms. The molecule has 17 heavy (non-hydrogen) atoms. The Labute approximate surface area is 104 Å². The van der Waals surface area contributed by atoms with Crippen LogP contribution in [0, 0.1) is 0 Å². The number of hydrogen-bond donors (Lipinski definition) is 2. The van der Waals surface area contributed by atoms with E-state index in [-0.39, 0.29) is 0 Å². The zero-order valence-electron chi connectivity index (χ0n) is 11.4. The van der Waals surface area contributed by atoms with E-state index in [2.05, 4.69) is 19.2 Å². The predicted octanol–water partition coefficient (Wildman–Crippen LogP) is 2.25. The fourth-order valence-corrected chi connectivity index (χ4v) is 1.95. The van der Waals surface area contributed by atoms with Crippen LogP contribution in [0.15, 0.2) is 18.2 Å². The number of rotatable bonds is 5. The van der Waals surface area contributed by atoms with Gasteiger partial charge in [-0.3, -0.25) is 0 Å². The Balaban J connectivity index is 3.22. The summed E-state index contributed by atoms with van der Waals surface area (Å²) in [6.45, 7) is 6.56. The van der Waals surface area contributed by atoms with Crippen LogP contribution in [0.5, 0.6) is 5.75 Å². The highest BCUT2D eigenvalue weighted by Gasteiger charge is 2.26. The lowest BCUT2D eigenvalue weighted by molar-refractivity contribution is 0.0564. The van der Waals surface area contributed by atoms with Crippen molar-refractivity contribution in [2.45, 2.75) is 32.3 Å². The summed E-state index contributed by atoms with van der Waals surface area (Å²) >= 11 is 0. The van der Waals surface area contributed by atoms with Crippen LogP contribution in [0.3, 0.4) is 0 Å². The maximum atomic E-state index is 10.5. The predicted molar refractivity (Wildman–Crippen MR) is 70.6 cm³/mol. The van der Waals surface area contributed by atoms with Gasteiger partial charge in [0.1, 0.15) is 11.4 Å². The smallest absolute Gasteiger partial charge is 0.125 e. The van der Waals surface area contributed by atoms with Crippen molar-refractivity contribution in [1.29, 1.82) is 0 Å². The molecule has 0 radical (unpaired) electrons. The van der Waals surface area contributed by atoms with Crippen molar-refractivity contribution < 1.29 is 9.84 Å². The zero-order valence-corrected chi connectivity index (χ0v) is 11.4. The summed E-state index contributed by atoms with van der Waals surface area (Å²) in [7, 11) is 3.45. The van der Waals surface area contributed by atoms with Crippen molar-refractivity contribution in [1.82, 2.24) is 5.32 Å². The molecule has 96 valence electrons. The molecular weight excluding hydrogens is 214 g/mol. The quantitative estimate of drug-likeness (QED) is 0.825. The lowest BCUT2D eigenvalue weighted by Gasteiger charge is -2.26. The van der Waals surface area contributed by atoms with E-state index in [4.69, 9.17) is 4.74 Å². The molecule has 2 N–H and O–H groups in total. The molecule has 0 saturated carbocycles. The molecule has 0 saturated heterocycles. The van der Waals surface area contributed by atoms with Crippen LogP contribution in [0.4, 0.5) is 0 Å². The van der Waals surface area contributed by atoms with Gasteiger partial charge in [-0.25, -0.2) is 0 Å². The molecule has 0 aliphatic heterocycles. The Morgan fingerprint density at radius 1 is 1.41 bits per heavy atom. The second kappa shape index (κ2) is 5.52. The number of benzene rings is 1. The van der Waals surface area contributed by atoms with Crippen LogP contribution < -0.4 is 10.1 Å². The zero-order chi connectivity index (χ0) is 13.1. The van der Waals surface area contributed by atoms with Crippen molar-refractivity contribution in [2.24, 2.45) is 0 Å². The van der Waals surface area contributed by atoms with E-state index in [1.54, 1.807) is 14.0 Å². The highest BCUT2D eigenvalue weighted by molar-refractivity contribution is 5.42. The number of hydrogen-bond acceptors (Lipinski definition) is 3. The first kappa shape index (κ1) is 14.0. The first-order valence-corrected chi connectivity index (χ1v) is 5.97. The van der Waals surface area contributed by atoms with Gasteiger partial charge in [0.05, 0.1) is 7.11 Å². The Hall–Kier alpha value is -1.06. The molecular formula is C14H23NO2. The van der Waals surface area contributed by atoms with Crippen LogP contribution in [0.2, 0.25) is 0 Å². The van der Waals surface area contributed by atoms with Crippen molar-refractivity contribution in [2.75, 3.05) is 20.7 Å². The summed E-state index contributed by atoms with van der Waals surface area (Å²) < 4.78 is 5.32. The minimum absolute atomic E-state index is 0.435. The molecule has 0 aliphatic carbocycles. The minimum Gasteiger partial charge on any atom is -0.496 e. The van der Waals surface area contributed by atoms with Gasteiger partial charge < -0.3 is 15.2 Å². The van der Waals surface area contributed by atoms with Gasteiger partial charge in [-0.05, 0) is 37.6 Å². The average Bonchev–Trinajstić information content (AvgIpc) is 2.28. The first-order valence-electron chi connectivity index (χ1n) is 5.97. The van der Waals surface area contributed by atoms with Crippen LogP contribution in [0.25, 0.3) is 0 Å². The highest BCUT2D eigenvalue weighted by atomic mass is 16.5. The fourth-order valence-electron chi connectivity index (χ4n) is 1.95. The van der Waals surface area contributed by atoms with Crippen molar-refractivity contribution in [3.8, 4) is 5.75 Å². The summed E-state index contributed by atoms with van der Waals surface area (Å²) in [5, 5.41) is 13.5. The van der Waals surface area contributed by atoms with E-state index in [1.165, 1.54) is 5.56 Å². The molecule has 1 aromatic rings. The molecule has 1 aromatic carbocycles. The number of likely N-dealkylation sites (N-methyl/N-ethyl adjacent to an activating group) is 1. The molecule has 3 nitrogen and oxygen atoms in total. The summed E-state index contributed by atoms with van der Waals surface area (Å²) in [5.41, 5.74) is 1.11. The van der Waals surface area contributed by atoms with Gasteiger partial charge in [-0.15, -0.1) is 0 Å². The van der Waals surface area contributed by atoms with Gasteiger partial charge in [-0.1, -0.05) is 19.9 Å². The van der Waals surface area contributed by atoms with Crippen molar-refractivity contribution >= 4 is 0 Å². The largest absolute Gasteiger partial charge is 0.496 e. The number of methoxy groups -OCH3 is 1. The lowest BCUT2D eigenvalue weighted by Crippen LogP contribution is -2.34. The Kier molecular flexibility index (Phi) is 4.54. The normalized spacial score (nSPS) is 14.8. The van der Waals surface area contributed by atoms with E-state index in [9.17, 15) is 5.11 Å². The molecule has 0 bridgehead atoms. The second-order valence-corrected chi connectivity index (χ2v) is 4.92. The molecule has 0 aliphatic rings. The van der Waals surface area contributed by atoms with Crippen molar-refractivity contribution in [3.63, 3.8) is 0 Å². The summed E-state index contributed by atoms with van der Waals surface area (Å²) in [6, 6.07) is 6.00. The van der Waals surface area contributed by atoms with E-state index >= 15 is 0 Å². The van der Waals surface area contributed by atoms with Crippen LogP contribution in [-0.4, -0.2) is 25.8 Å². The Morgan fingerprint density at radius 3 is 2.53 bits per heavy atom. The van der Waals surface area contributed by atoms with Gasteiger partial charge in [0.15, 0.2) is 0 Å². The third-order valence-electron chi connectivity index (χ3n) is 2.99. The van der Waals surface area contributed by atoms with Gasteiger partial charge in [0.25, 0.3) is 0 Å². The van der Waals surface area contributed by atoms with E-state index in [0.29, 0.717) is 12.5 Å². The molecule has 0 fully saturated rings. The molecule has 0 spiro atoms. The minimum atomic E-state index is -0.926. The van der Waals surface area contributed by atoms with Gasteiger partial charge >= 0.3 is 0 Å². The van der Waals surface area contributed by atoms with Crippen LogP contribution >= 0.6 is 0 Å². The van der Waals surface area contributed by atoms with Gasteiger partial charge in [0, 0.05) is 12.1 Å². The van der Waals surface area contributed by atoms with E-state index in [0.717, 1.165) is 11.3 Å². The van der Waals surface area contributed by atoms with Crippen LogP contribution in [0.1, 0.15) is 37.8 Å². The molecule has 0 amide bonds. The van der Waals surface area contributed by atoms with Gasteiger partial charge in [-0.2, -0.15) is 0 Å². The number of nitrogens with one attached hydrogen (secondary N) is 1. The van der Waals surface area contributed by atoms with E-state index in [1.807, 2.05) is 25.2 Å². The van der Waals surface area contributed by atoms with E-state index < -0.39 is 5.60 Å². The van der Waals surface area contributed by atoms with Crippen LogP contribution in [-0.2, 0) is 5.60 Å². The summed E-state index contributed by atoms with van der Waals surface area (Å²) in [4.78, 5) is 0. The molecule has 1 atom stereocenters. The third-order valence-corrected chi connectivity index (χ3v) is 2.99. The van der Waals surface area contributed by atoms with Crippen molar-refractivity contribution in [3.05, 3.63) is 29.3 Å². The highest BCUT2D eigenvalue weighted by Crippen LogP contribution is 2.32. The Morgan fingerprint density at radius 2 is 2.06 bits per heavy atom. The molecule has 1 unspecified atom stereocenters. The number of ether oxygens (including phenoxy) is 1. The first-order chi connectivity index (χ1) is 7.92. The SMILES string of the molecule is CNCC(C)(O)c1cc(C(C)C)ccc1OC. The molecule has 0 heterocycles. The average molecular weight is 237 g/mol. The molecule has 1 rings (SSSR count). The summed E-state index contributed by atoms with van der Waals surface area (Å²) in [6.07, 6.45) is 0. The molecule has 0 aromatic heterocycles. The Bertz CT molecular complexity index is 372. The fraction of sp³-hybridized carbons (Fsp3) is 0.571. The van der Waals surface area contributed by atoms with Gasteiger partial charge in [0.2, 0.25) is 0 Å². The topological polar surface area (TPSA) is 41.5 Å². The summed E-state index contributed by atoms with van der Waals surface area (Å²) in [5.74, 6) is 1.17. The monoisotopic (exact) mass is 237 g/mol. The lowest BCUT2D eigenvalue weighted by atomic mass is 9.90. The standard InChI is InChI=1S/C14H23NO2/c1-10(2)11-6-7-13(17-5)12(8-11)14(3,16)9-15-4/h6-8,10,15-16H,9H2,1-5H3. The number of aliphatic hydroxyl groups is 1.